The van der Waals surface area contributed by atoms with Crippen LogP contribution < -0.4 is 0 Å². The molecule has 138 valence electrons. The van der Waals surface area contributed by atoms with Gasteiger partial charge in [0.05, 0.1) is 0 Å². The molecule has 0 radical (unpaired) electrons. The fourth-order valence-corrected chi connectivity index (χ4v) is 1.85. The number of rotatable bonds is 11. The summed E-state index contributed by atoms with van der Waals surface area (Å²) in [6, 6.07) is 0. The van der Waals surface area contributed by atoms with Crippen LogP contribution in [0, 0.1) is 0 Å². The van der Waals surface area contributed by atoms with Crippen LogP contribution in [0.5, 0.6) is 0 Å². The van der Waals surface area contributed by atoms with Gasteiger partial charge in [-0.1, -0.05) is 12.2 Å². The zero-order chi connectivity index (χ0) is 18.4. The minimum Gasteiger partial charge on any atom is -0.396 e. The van der Waals surface area contributed by atoms with E-state index in [1.807, 2.05) is 0 Å². The van der Waals surface area contributed by atoms with E-state index >= 15 is 0 Å². The minimum absolute atomic E-state index is 0.0441. The summed E-state index contributed by atoms with van der Waals surface area (Å²) in [6.45, 7) is 0.705. The predicted molar refractivity (Wildman–Crippen MR) is 69.4 cm³/mol. The van der Waals surface area contributed by atoms with Crippen LogP contribution in [-0.4, -0.2) is 35.4 Å². The van der Waals surface area contributed by atoms with Gasteiger partial charge in [-0.05, 0) is 32.6 Å². The Balaban J connectivity index is 5.08. The van der Waals surface area contributed by atoms with Crippen molar-refractivity contribution < 1.29 is 40.2 Å². The zero-order valence-electron chi connectivity index (χ0n) is 12.6. The third-order valence-electron chi connectivity index (χ3n) is 3.31. The molecule has 0 saturated carbocycles. The maximum absolute atomic E-state index is 13.4. The van der Waals surface area contributed by atoms with Gasteiger partial charge >= 0.3 is 23.7 Å². The minimum atomic E-state index is -6.22. The molecule has 1 N–H and O–H groups in total. The molecular weight excluding hydrogens is 336 g/mol. The topological polar surface area (TPSA) is 20.2 Å². The molecule has 1 nitrogen and oxygen atoms in total. The Kier molecular flexibility index (Phi) is 7.99. The van der Waals surface area contributed by atoms with Crippen LogP contribution in [0.2, 0.25) is 0 Å². The molecule has 0 fully saturated rings. The summed E-state index contributed by atoms with van der Waals surface area (Å²) in [4.78, 5) is 0. The summed E-state index contributed by atoms with van der Waals surface area (Å²) in [5.74, 6) is -23.0. The smallest absolute Gasteiger partial charge is 0.378 e. The van der Waals surface area contributed by atoms with E-state index < -0.39 is 56.0 Å². The number of hydrogen-bond donors (Lipinski definition) is 1. The summed E-state index contributed by atoms with van der Waals surface area (Å²) >= 11 is 0. The van der Waals surface area contributed by atoms with Crippen LogP contribution in [0.15, 0.2) is 12.2 Å². The van der Waals surface area contributed by atoms with E-state index in [-0.39, 0.29) is 6.42 Å². The molecule has 0 bridgehead atoms. The van der Waals surface area contributed by atoms with E-state index in [1.165, 1.54) is 0 Å². The van der Waals surface area contributed by atoms with Crippen molar-refractivity contribution in [2.24, 2.45) is 0 Å². The van der Waals surface area contributed by atoms with Crippen LogP contribution in [0.1, 0.15) is 45.4 Å². The number of aliphatic hydroxyl groups excluding tert-OH is 1. The lowest BCUT2D eigenvalue weighted by molar-refractivity contribution is -0.368. The van der Waals surface area contributed by atoms with E-state index in [9.17, 15) is 35.1 Å². The molecule has 0 aromatic heterocycles. The number of allylic oxidation sites excluding steroid dienone is 2. The highest BCUT2D eigenvalue weighted by Crippen LogP contribution is 2.55. The molecule has 0 spiro atoms. The standard InChI is InChI=1S/C14H20F8O/c1-2-3-4-5-6-8-11(15,16)13(19,20)14(21,22)12(17,18)9-7-10-23/h2-3,23H,4-10H2,1H3/b3-2+. The number of alkyl halides is 8. The van der Waals surface area contributed by atoms with Gasteiger partial charge in [0, 0.05) is 19.4 Å². The third kappa shape index (κ3) is 5.06. The number of aliphatic hydroxyl groups is 1. The Labute approximate surface area is 129 Å². The van der Waals surface area contributed by atoms with Gasteiger partial charge in [0.1, 0.15) is 0 Å². The molecular formula is C14H20F8O. The molecule has 0 aliphatic heterocycles. The molecule has 0 aliphatic rings. The SMILES string of the molecule is C/C=C/CCCCC(F)(F)C(F)(F)C(F)(F)C(F)(F)CCCO. The van der Waals surface area contributed by atoms with Crippen LogP contribution in [-0.2, 0) is 0 Å². The molecule has 0 saturated heterocycles. The van der Waals surface area contributed by atoms with E-state index in [1.54, 1.807) is 19.1 Å². The normalized spacial score (nSPS) is 14.7. The van der Waals surface area contributed by atoms with Gasteiger partial charge in [-0.25, -0.2) is 0 Å². The molecule has 0 amide bonds. The fraction of sp³-hybridized carbons (Fsp3) is 0.857. The molecule has 0 unspecified atom stereocenters. The molecule has 23 heavy (non-hydrogen) atoms. The van der Waals surface area contributed by atoms with Gasteiger partial charge in [0.2, 0.25) is 0 Å². The second-order valence-electron chi connectivity index (χ2n) is 5.20. The third-order valence-corrected chi connectivity index (χ3v) is 3.31. The van der Waals surface area contributed by atoms with Crippen LogP contribution in [0.4, 0.5) is 35.1 Å². The Morgan fingerprint density at radius 2 is 1.17 bits per heavy atom. The molecule has 0 aliphatic carbocycles. The van der Waals surface area contributed by atoms with Crippen molar-refractivity contribution in [2.45, 2.75) is 69.1 Å². The van der Waals surface area contributed by atoms with Crippen molar-refractivity contribution >= 4 is 0 Å². The van der Waals surface area contributed by atoms with Crippen molar-refractivity contribution in [2.75, 3.05) is 6.61 Å². The van der Waals surface area contributed by atoms with Gasteiger partial charge in [-0.2, -0.15) is 35.1 Å². The van der Waals surface area contributed by atoms with Gasteiger partial charge in [0.25, 0.3) is 0 Å². The second kappa shape index (κ2) is 8.30. The van der Waals surface area contributed by atoms with E-state index in [2.05, 4.69) is 0 Å². The van der Waals surface area contributed by atoms with Crippen LogP contribution >= 0.6 is 0 Å². The Hall–Kier alpha value is -0.860. The van der Waals surface area contributed by atoms with Crippen molar-refractivity contribution in [3.8, 4) is 0 Å². The average molecular weight is 356 g/mol. The monoisotopic (exact) mass is 356 g/mol. The average Bonchev–Trinajstić information content (AvgIpc) is 2.44. The van der Waals surface area contributed by atoms with Crippen molar-refractivity contribution in [1.29, 1.82) is 0 Å². The maximum Gasteiger partial charge on any atom is 0.378 e. The Morgan fingerprint density at radius 3 is 1.57 bits per heavy atom. The first-order chi connectivity index (χ1) is 10.4. The molecule has 0 aromatic carbocycles. The summed E-state index contributed by atoms with van der Waals surface area (Å²) in [5.41, 5.74) is 0. The quantitative estimate of drug-likeness (QED) is 0.297. The summed E-state index contributed by atoms with van der Waals surface area (Å²) < 4.78 is 107. The first-order valence-corrected chi connectivity index (χ1v) is 7.10. The van der Waals surface area contributed by atoms with Crippen molar-refractivity contribution in [3.05, 3.63) is 12.2 Å². The van der Waals surface area contributed by atoms with E-state index in [4.69, 9.17) is 5.11 Å². The summed E-state index contributed by atoms with van der Waals surface area (Å²) in [6.07, 6.45) is -1.34. The van der Waals surface area contributed by atoms with Gasteiger partial charge in [0.15, 0.2) is 0 Å². The Bertz CT molecular complexity index is 379. The number of hydrogen-bond acceptors (Lipinski definition) is 1. The number of unbranched alkanes of at least 4 members (excludes halogenated alkanes) is 2. The maximum atomic E-state index is 13.4. The van der Waals surface area contributed by atoms with Crippen molar-refractivity contribution in [3.63, 3.8) is 0 Å². The first kappa shape index (κ1) is 22.1. The summed E-state index contributed by atoms with van der Waals surface area (Å²) in [7, 11) is 0. The highest BCUT2D eigenvalue weighted by atomic mass is 19.4. The van der Waals surface area contributed by atoms with Gasteiger partial charge in [-0.3, -0.25) is 0 Å². The van der Waals surface area contributed by atoms with Gasteiger partial charge in [-0.15, -0.1) is 0 Å². The lowest BCUT2D eigenvalue weighted by Crippen LogP contribution is -2.62. The fourth-order valence-electron chi connectivity index (χ4n) is 1.85. The largest absolute Gasteiger partial charge is 0.396 e. The number of halogens is 8. The van der Waals surface area contributed by atoms with Gasteiger partial charge < -0.3 is 5.11 Å². The molecule has 0 rings (SSSR count). The van der Waals surface area contributed by atoms with E-state index in [0.717, 1.165) is 0 Å². The van der Waals surface area contributed by atoms with Crippen molar-refractivity contribution in [1.82, 2.24) is 0 Å². The molecule has 0 atom stereocenters. The zero-order valence-corrected chi connectivity index (χ0v) is 12.6. The molecule has 9 heteroatoms. The Morgan fingerprint density at radius 1 is 0.739 bits per heavy atom. The lowest BCUT2D eigenvalue weighted by atomic mass is 9.93. The predicted octanol–water partition coefficient (Wildman–Crippen LogP) is 5.44. The highest BCUT2D eigenvalue weighted by Gasteiger charge is 2.79. The van der Waals surface area contributed by atoms with E-state index in [0.29, 0.717) is 6.42 Å². The first-order valence-electron chi connectivity index (χ1n) is 7.10. The lowest BCUT2D eigenvalue weighted by Gasteiger charge is -2.37. The highest BCUT2D eigenvalue weighted by molar-refractivity contribution is 5.03. The molecule has 0 heterocycles. The molecule has 0 aromatic rings. The van der Waals surface area contributed by atoms with Crippen LogP contribution in [0.25, 0.3) is 0 Å². The second-order valence-corrected chi connectivity index (χ2v) is 5.20. The summed E-state index contributed by atoms with van der Waals surface area (Å²) in [5, 5.41) is 8.33. The van der Waals surface area contributed by atoms with Crippen LogP contribution in [0.3, 0.4) is 0 Å².